The number of carbonyl (C=O) groups excluding carboxylic acids is 1. The monoisotopic (exact) mass is 320 g/mol. The van der Waals surface area contributed by atoms with Crippen molar-refractivity contribution >= 4 is 5.97 Å². The van der Waals surface area contributed by atoms with Gasteiger partial charge in [-0.3, -0.25) is 4.98 Å². The van der Waals surface area contributed by atoms with Crippen LogP contribution in [-0.4, -0.2) is 21.1 Å². The van der Waals surface area contributed by atoms with Crippen molar-refractivity contribution in [3.8, 4) is 17.5 Å². The Kier molecular flexibility index (Phi) is 4.29. The number of aromatic nitrogens is 3. The van der Waals surface area contributed by atoms with Crippen LogP contribution in [0.4, 0.5) is 0 Å². The number of rotatable bonds is 4. The Morgan fingerprint density at radius 2 is 2.08 bits per heavy atom. The number of esters is 1. The molecule has 1 aromatic carbocycles. The van der Waals surface area contributed by atoms with E-state index >= 15 is 0 Å². The predicted molar refractivity (Wildman–Crippen MR) is 82.5 cm³/mol. The minimum atomic E-state index is -0.703. The molecule has 0 fully saturated rings. The highest BCUT2D eigenvalue weighted by Crippen LogP contribution is 2.21. The van der Waals surface area contributed by atoms with E-state index in [-0.39, 0.29) is 5.89 Å². The second-order valence-corrected chi connectivity index (χ2v) is 4.93. The number of nitriles is 1. The summed E-state index contributed by atoms with van der Waals surface area (Å²) in [6.07, 6.45) is 2.56. The minimum Gasteiger partial charge on any atom is -0.449 e. The molecular weight excluding hydrogens is 308 g/mol. The number of nitrogens with zero attached hydrogens (tertiary/aromatic N) is 4. The van der Waals surface area contributed by atoms with Crippen molar-refractivity contribution in [1.82, 2.24) is 15.1 Å². The van der Waals surface area contributed by atoms with Crippen molar-refractivity contribution in [1.29, 1.82) is 5.26 Å². The average molecular weight is 320 g/mol. The molecule has 0 aliphatic carbocycles. The summed E-state index contributed by atoms with van der Waals surface area (Å²) < 4.78 is 10.5. The molecule has 0 spiro atoms. The molecule has 0 bridgehead atoms. The quantitative estimate of drug-likeness (QED) is 0.681. The smallest absolute Gasteiger partial charge is 0.338 e. The number of benzene rings is 1. The van der Waals surface area contributed by atoms with E-state index in [1.807, 2.05) is 6.07 Å². The zero-order chi connectivity index (χ0) is 16.9. The second-order valence-electron chi connectivity index (χ2n) is 4.93. The Morgan fingerprint density at radius 3 is 2.75 bits per heavy atom. The van der Waals surface area contributed by atoms with E-state index in [4.69, 9.17) is 14.5 Å². The Balaban J connectivity index is 1.70. The highest BCUT2D eigenvalue weighted by molar-refractivity contribution is 5.89. The van der Waals surface area contributed by atoms with Crippen LogP contribution < -0.4 is 0 Å². The fourth-order valence-electron chi connectivity index (χ4n) is 1.97. The van der Waals surface area contributed by atoms with Crippen molar-refractivity contribution in [3.05, 3.63) is 65.8 Å². The third kappa shape index (κ3) is 3.28. The molecule has 3 aromatic rings. The first-order valence-electron chi connectivity index (χ1n) is 7.12. The van der Waals surface area contributed by atoms with E-state index in [2.05, 4.69) is 15.1 Å². The Bertz CT molecular complexity index is 882. The molecule has 0 N–H and O–H groups in total. The van der Waals surface area contributed by atoms with Gasteiger partial charge >= 0.3 is 5.97 Å². The van der Waals surface area contributed by atoms with Crippen LogP contribution in [0.15, 0.2) is 53.3 Å². The van der Waals surface area contributed by atoms with Gasteiger partial charge in [0.15, 0.2) is 6.10 Å². The SMILES string of the molecule is C[C@@H](OC(=O)c1ccc(C#N)cc1)c1nc(-c2cccnc2)no1. The van der Waals surface area contributed by atoms with Crippen LogP contribution in [0.3, 0.4) is 0 Å². The van der Waals surface area contributed by atoms with Gasteiger partial charge in [-0.15, -0.1) is 0 Å². The molecule has 0 saturated heterocycles. The summed E-state index contributed by atoms with van der Waals surface area (Å²) in [7, 11) is 0. The predicted octanol–water partition coefficient (Wildman–Crippen LogP) is 2.92. The summed E-state index contributed by atoms with van der Waals surface area (Å²) in [6, 6.07) is 11.7. The standard InChI is InChI=1S/C17H12N4O3/c1-11(23-17(22)13-6-4-12(9-18)5-7-13)16-20-15(21-24-16)14-3-2-8-19-10-14/h2-8,10-11H,1H3/t11-/m1/s1. The normalized spacial score (nSPS) is 11.5. The van der Waals surface area contributed by atoms with Crippen LogP contribution in [-0.2, 0) is 4.74 Å². The molecule has 7 nitrogen and oxygen atoms in total. The lowest BCUT2D eigenvalue weighted by Crippen LogP contribution is -2.09. The van der Waals surface area contributed by atoms with Crippen LogP contribution in [0, 0.1) is 11.3 Å². The molecule has 0 amide bonds. The summed E-state index contributed by atoms with van der Waals surface area (Å²) in [5, 5.41) is 12.6. The molecule has 3 rings (SSSR count). The topological polar surface area (TPSA) is 102 Å². The lowest BCUT2D eigenvalue weighted by Gasteiger charge is -2.08. The maximum atomic E-state index is 12.1. The Morgan fingerprint density at radius 1 is 1.29 bits per heavy atom. The van der Waals surface area contributed by atoms with E-state index in [1.165, 1.54) is 12.1 Å². The Hall–Kier alpha value is -3.53. The minimum absolute atomic E-state index is 0.191. The fourth-order valence-corrected chi connectivity index (χ4v) is 1.97. The highest BCUT2D eigenvalue weighted by Gasteiger charge is 2.20. The van der Waals surface area contributed by atoms with Crippen LogP contribution in [0.1, 0.15) is 34.8 Å². The average Bonchev–Trinajstić information content (AvgIpc) is 3.13. The lowest BCUT2D eigenvalue weighted by atomic mass is 10.1. The van der Waals surface area contributed by atoms with Crippen LogP contribution in [0.5, 0.6) is 0 Å². The second kappa shape index (κ2) is 6.71. The first-order chi connectivity index (χ1) is 11.7. The number of hydrogen-bond donors (Lipinski definition) is 0. The van der Waals surface area contributed by atoms with Gasteiger partial charge in [-0.25, -0.2) is 4.79 Å². The molecule has 24 heavy (non-hydrogen) atoms. The molecule has 0 aliphatic rings. The van der Waals surface area contributed by atoms with Crippen LogP contribution in [0.25, 0.3) is 11.4 Å². The van der Waals surface area contributed by atoms with Gasteiger partial charge in [0.05, 0.1) is 17.2 Å². The van der Waals surface area contributed by atoms with E-state index in [9.17, 15) is 4.79 Å². The maximum Gasteiger partial charge on any atom is 0.338 e. The Labute approximate surface area is 137 Å². The maximum absolute atomic E-state index is 12.1. The van der Waals surface area contributed by atoms with Crippen molar-refractivity contribution in [3.63, 3.8) is 0 Å². The zero-order valence-corrected chi connectivity index (χ0v) is 12.7. The van der Waals surface area contributed by atoms with Crippen molar-refractivity contribution in [2.24, 2.45) is 0 Å². The largest absolute Gasteiger partial charge is 0.449 e. The molecule has 2 aromatic heterocycles. The van der Waals surface area contributed by atoms with Crippen LogP contribution in [0.2, 0.25) is 0 Å². The molecule has 7 heteroatoms. The van der Waals surface area contributed by atoms with E-state index in [0.717, 1.165) is 0 Å². The highest BCUT2D eigenvalue weighted by atomic mass is 16.6. The van der Waals surface area contributed by atoms with Gasteiger partial charge in [-0.1, -0.05) is 5.16 Å². The molecule has 118 valence electrons. The van der Waals surface area contributed by atoms with Crippen molar-refractivity contribution in [2.75, 3.05) is 0 Å². The first-order valence-corrected chi connectivity index (χ1v) is 7.12. The number of ether oxygens (including phenoxy) is 1. The number of hydrogen-bond acceptors (Lipinski definition) is 7. The molecule has 0 aliphatic heterocycles. The van der Waals surface area contributed by atoms with Gasteiger partial charge in [0, 0.05) is 18.0 Å². The van der Waals surface area contributed by atoms with Gasteiger partial charge in [-0.05, 0) is 43.3 Å². The third-order valence-corrected chi connectivity index (χ3v) is 3.24. The van der Waals surface area contributed by atoms with Gasteiger partial charge < -0.3 is 9.26 Å². The molecule has 1 atom stereocenters. The summed E-state index contributed by atoms with van der Waals surface area (Å²) in [5.74, 6) is 0.0309. The molecule has 0 radical (unpaired) electrons. The summed E-state index contributed by atoms with van der Waals surface area (Å²) in [4.78, 5) is 20.3. The molecule has 2 heterocycles. The van der Waals surface area contributed by atoms with Crippen molar-refractivity contribution in [2.45, 2.75) is 13.0 Å². The van der Waals surface area contributed by atoms with Gasteiger partial charge in [0.2, 0.25) is 5.82 Å². The lowest BCUT2D eigenvalue weighted by molar-refractivity contribution is 0.0265. The third-order valence-electron chi connectivity index (χ3n) is 3.24. The summed E-state index contributed by atoms with van der Waals surface area (Å²) >= 11 is 0. The summed E-state index contributed by atoms with van der Waals surface area (Å²) in [5.41, 5.74) is 1.52. The van der Waals surface area contributed by atoms with Gasteiger partial charge in [-0.2, -0.15) is 10.2 Å². The van der Waals surface area contributed by atoms with Crippen LogP contribution >= 0.6 is 0 Å². The molecule has 0 saturated carbocycles. The fraction of sp³-hybridized carbons (Fsp3) is 0.118. The van der Waals surface area contributed by atoms with Gasteiger partial charge in [0.1, 0.15) is 0 Å². The zero-order valence-electron chi connectivity index (χ0n) is 12.7. The van der Waals surface area contributed by atoms with E-state index in [1.54, 1.807) is 43.6 Å². The molecular formula is C17H12N4O3. The van der Waals surface area contributed by atoms with E-state index in [0.29, 0.717) is 22.5 Å². The molecule has 0 unspecified atom stereocenters. The number of carbonyl (C=O) groups is 1. The summed E-state index contributed by atoms with van der Waals surface area (Å²) in [6.45, 7) is 1.64. The first kappa shape index (κ1) is 15.4. The number of pyridine rings is 1. The van der Waals surface area contributed by atoms with Crippen molar-refractivity contribution < 1.29 is 14.1 Å². The van der Waals surface area contributed by atoms with E-state index < -0.39 is 12.1 Å². The van der Waals surface area contributed by atoms with Gasteiger partial charge in [0.25, 0.3) is 5.89 Å².